The molecule has 0 aliphatic carbocycles. The van der Waals surface area contributed by atoms with Crippen molar-refractivity contribution in [1.82, 2.24) is 9.97 Å². The van der Waals surface area contributed by atoms with Crippen LogP contribution >= 0.6 is 0 Å². The number of H-pyrrole nitrogens is 1. The van der Waals surface area contributed by atoms with Crippen LogP contribution in [0.3, 0.4) is 0 Å². The van der Waals surface area contributed by atoms with Gasteiger partial charge in [0.1, 0.15) is 5.69 Å². The van der Waals surface area contributed by atoms with E-state index in [1.165, 1.54) is 6.33 Å². The minimum Gasteiger partial charge on any atom is -0.478 e. The van der Waals surface area contributed by atoms with Gasteiger partial charge >= 0.3 is 5.97 Å². The molecule has 1 heterocycles. The number of carboxylic acid groups (broad SMARTS) is 1. The molecule has 0 spiro atoms. The van der Waals surface area contributed by atoms with Crippen LogP contribution in [0, 0.1) is 0 Å². The average Bonchev–Trinajstić information content (AvgIpc) is 2.47. The molecule has 0 aliphatic heterocycles. The van der Waals surface area contributed by atoms with Crippen LogP contribution in [-0.4, -0.2) is 34.6 Å². The van der Waals surface area contributed by atoms with Crippen molar-refractivity contribution in [2.24, 2.45) is 0 Å². The molecule has 0 fully saturated rings. The van der Waals surface area contributed by atoms with Gasteiger partial charge in [-0.15, -0.1) is 0 Å². The summed E-state index contributed by atoms with van der Waals surface area (Å²) in [7, 11) is 1.75. The first-order chi connectivity index (χ1) is 10.0. The molecule has 21 heavy (non-hydrogen) atoms. The molecule has 7 nitrogen and oxygen atoms in total. The Kier molecular flexibility index (Phi) is 4.22. The molecule has 0 atom stereocenters. The summed E-state index contributed by atoms with van der Waals surface area (Å²) in [4.78, 5) is 30.7. The van der Waals surface area contributed by atoms with Gasteiger partial charge in [0, 0.05) is 13.6 Å². The Morgan fingerprint density at radius 3 is 2.86 bits per heavy atom. The highest BCUT2D eigenvalue weighted by molar-refractivity contribution is 5.89. The van der Waals surface area contributed by atoms with E-state index in [-0.39, 0.29) is 11.3 Å². The summed E-state index contributed by atoms with van der Waals surface area (Å²) in [6.45, 7) is 0.491. The lowest BCUT2D eigenvalue weighted by Crippen LogP contribution is -2.26. The number of hydrogen-bond acceptors (Lipinski definition) is 5. The third kappa shape index (κ3) is 3.19. The monoisotopic (exact) mass is 288 g/mol. The van der Waals surface area contributed by atoms with Crippen LogP contribution in [0.4, 0.5) is 11.5 Å². The minimum absolute atomic E-state index is 0.0477. The number of rotatable bonds is 5. The van der Waals surface area contributed by atoms with E-state index in [1.807, 2.05) is 0 Å². The predicted molar refractivity (Wildman–Crippen MR) is 79.6 cm³/mol. The topological polar surface area (TPSA) is 112 Å². The van der Waals surface area contributed by atoms with Crippen LogP contribution in [0.5, 0.6) is 0 Å². The Morgan fingerprint density at radius 1 is 1.43 bits per heavy atom. The number of aromatic nitrogens is 2. The SMILES string of the molecule is CN(CCc1ccccc1C(=O)O)c1nc[nH]c(=O)c1N. The Balaban J connectivity index is 2.15. The van der Waals surface area contributed by atoms with Crippen molar-refractivity contribution in [2.45, 2.75) is 6.42 Å². The lowest BCUT2D eigenvalue weighted by atomic mass is 10.0. The largest absolute Gasteiger partial charge is 0.478 e. The van der Waals surface area contributed by atoms with E-state index >= 15 is 0 Å². The van der Waals surface area contributed by atoms with E-state index in [9.17, 15) is 9.59 Å². The van der Waals surface area contributed by atoms with E-state index < -0.39 is 11.5 Å². The lowest BCUT2D eigenvalue weighted by molar-refractivity contribution is 0.0695. The number of carboxylic acids is 1. The van der Waals surface area contributed by atoms with Gasteiger partial charge in [0.05, 0.1) is 11.9 Å². The summed E-state index contributed by atoms with van der Waals surface area (Å²) in [5.41, 5.74) is 6.34. The maximum absolute atomic E-state index is 11.4. The van der Waals surface area contributed by atoms with Crippen LogP contribution in [0.25, 0.3) is 0 Å². The van der Waals surface area contributed by atoms with Crippen molar-refractivity contribution in [3.8, 4) is 0 Å². The Hall–Kier alpha value is -2.83. The highest BCUT2D eigenvalue weighted by atomic mass is 16.4. The van der Waals surface area contributed by atoms with Crippen molar-refractivity contribution < 1.29 is 9.90 Å². The van der Waals surface area contributed by atoms with Crippen LogP contribution in [0.15, 0.2) is 35.4 Å². The molecule has 1 aromatic heterocycles. The molecule has 0 saturated heterocycles. The summed E-state index contributed by atoms with van der Waals surface area (Å²) in [5.74, 6) is -0.575. The maximum Gasteiger partial charge on any atom is 0.335 e. The molecule has 0 aliphatic rings. The highest BCUT2D eigenvalue weighted by Gasteiger charge is 2.12. The lowest BCUT2D eigenvalue weighted by Gasteiger charge is -2.19. The number of likely N-dealkylation sites (N-methyl/N-ethyl adjacent to an activating group) is 1. The second kappa shape index (κ2) is 6.08. The van der Waals surface area contributed by atoms with Gasteiger partial charge in [-0.2, -0.15) is 0 Å². The average molecular weight is 288 g/mol. The quantitative estimate of drug-likeness (QED) is 0.747. The number of aromatic amines is 1. The minimum atomic E-state index is -0.956. The number of benzene rings is 1. The smallest absolute Gasteiger partial charge is 0.335 e. The molecule has 0 amide bonds. The predicted octanol–water partition coefficient (Wildman–Crippen LogP) is 0.729. The number of carbonyl (C=O) groups is 1. The molecule has 110 valence electrons. The maximum atomic E-state index is 11.4. The molecule has 2 aromatic rings. The van der Waals surface area contributed by atoms with Gasteiger partial charge in [0.15, 0.2) is 5.82 Å². The molecule has 0 radical (unpaired) electrons. The number of aromatic carboxylic acids is 1. The van der Waals surface area contributed by atoms with Gasteiger partial charge in [-0.05, 0) is 18.1 Å². The summed E-state index contributed by atoms with van der Waals surface area (Å²) < 4.78 is 0. The van der Waals surface area contributed by atoms with Crippen molar-refractivity contribution >= 4 is 17.5 Å². The number of nitrogens with zero attached hydrogens (tertiary/aromatic N) is 2. The summed E-state index contributed by atoms with van der Waals surface area (Å²) in [6, 6.07) is 6.82. The number of nitrogen functional groups attached to an aromatic ring is 1. The molecule has 2 rings (SSSR count). The number of hydrogen-bond donors (Lipinski definition) is 3. The van der Waals surface area contributed by atoms with Crippen molar-refractivity contribution in [3.63, 3.8) is 0 Å². The van der Waals surface area contributed by atoms with Gasteiger partial charge in [0.25, 0.3) is 5.56 Å². The number of anilines is 2. The summed E-state index contributed by atoms with van der Waals surface area (Å²) in [5, 5.41) is 9.14. The first-order valence-electron chi connectivity index (χ1n) is 6.36. The van der Waals surface area contributed by atoms with Gasteiger partial charge in [-0.25, -0.2) is 9.78 Å². The zero-order valence-electron chi connectivity index (χ0n) is 11.5. The standard InChI is InChI=1S/C14H16N4O3/c1-18(12-11(15)13(19)17-8-16-12)7-6-9-4-2-3-5-10(9)14(20)21/h2-5,8H,6-7,15H2,1H3,(H,20,21)(H,16,17,19). The second-order valence-corrected chi connectivity index (χ2v) is 4.60. The zero-order chi connectivity index (χ0) is 15.4. The van der Waals surface area contributed by atoms with Crippen LogP contribution in [0.2, 0.25) is 0 Å². The van der Waals surface area contributed by atoms with Crippen LogP contribution < -0.4 is 16.2 Å². The fraction of sp³-hybridized carbons (Fsp3) is 0.214. The van der Waals surface area contributed by atoms with Gasteiger partial charge < -0.3 is 20.7 Å². The highest BCUT2D eigenvalue weighted by Crippen LogP contribution is 2.15. The molecule has 4 N–H and O–H groups in total. The van der Waals surface area contributed by atoms with Gasteiger partial charge in [0.2, 0.25) is 0 Å². The van der Waals surface area contributed by atoms with E-state index in [0.717, 1.165) is 5.56 Å². The van der Waals surface area contributed by atoms with E-state index in [1.54, 1.807) is 36.2 Å². The first-order valence-corrected chi connectivity index (χ1v) is 6.36. The van der Waals surface area contributed by atoms with Crippen LogP contribution in [-0.2, 0) is 6.42 Å². The Labute approximate surface area is 121 Å². The third-order valence-electron chi connectivity index (χ3n) is 3.19. The number of nitrogens with one attached hydrogen (secondary N) is 1. The fourth-order valence-corrected chi connectivity index (χ4v) is 2.05. The van der Waals surface area contributed by atoms with Gasteiger partial charge in [-0.3, -0.25) is 4.79 Å². The summed E-state index contributed by atoms with van der Waals surface area (Å²) in [6.07, 6.45) is 1.79. The van der Waals surface area contributed by atoms with E-state index in [4.69, 9.17) is 10.8 Å². The first kappa shape index (κ1) is 14.6. The molecule has 1 aromatic carbocycles. The van der Waals surface area contributed by atoms with Gasteiger partial charge in [-0.1, -0.05) is 18.2 Å². The number of nitrogens with two attached hydrogens (primary N) is 1. The normalized spacial score (nSPS) is 10.3. The Morgan fingerprint density at radius 2 is 2.14 bits per heavy atom. The van der Waals surface area contributed by atoms with Crippen molar-refractivity contribution in [3.05, 3.63) is 52.1 Å². The van der Waals surface area contributed by atoms with E-state index in [0.29, 0.717) is 18.8 Å². The van der Waals surface area contributed by atoms with Crippen molar-refractivity contribution in [1.29, 1.82) is 0 Å². The Bertz CT molecular complexity index is 711. The second-order valence-electron chi connectivity index (χ2n) is 4.60. The molecule has 0 saturated carbocycles. The molecule has 0 bridgehead atoms. The molecule has 0 unspecified atom stereocenters. The van der Waals surface area contributed by atoms with Crippen molar-refractivity contribution in [2.75, 3.05) is 24.2 Å². The van der Waals surface area contributed by atoms with E-state index in [2.05, 4.69) is 9.97 Å². The fourth-order valence-electron chi connectivity index (χ4n) is 2.05. The van der Waals surface area contributed by atoms with Crippen LogP contribution in [0.1, 0.15) is 15.9 Å². The molecular weight excluding hydrogens is 272 g/mol. The molecular formula is C14H16N4O3. The third-order valence-corrected chi connectivity index (χ3v) is 3.19. The molecule has 7 heteroatoms. The zero-order valence-corrected chi connectivity index (χ0v) is 11.5. The summed E-state index contributed by atoms with van der Waals surface area (Å²) >= 11 is 0.